The minimum atomic E-state index is -0.614. The highest BCUT2D eigenvalue weighted by Gasteiger charge is 2.18. The lowest BCUT2D eigenvalue weighted by Crippen LogP contribution is -2.15. The maximum Gasteiger partial charge on any atom is 0.256 e. The van der Waals surface area contributed by atoms with Gasteiger partial charge in [0.25, 0.3) is 5.91 Å². The molecule has 0 fully saturated rings. The predicted octanol–water partition coefficient (Wildman–Crippen LogP) is 5.31. The first-order chi connectivity index (χ1) is 16.7. The van der Waals surface area contributed by atoms with Gasteiger partial charge in [0.1, 0.15) is 0 Å². The van der Waals surface area contributed by atoms with Crippen LogP contribution in [0.3, 0.4) is 0 Å². The van der Waals surface area contributed by atoms with Gasteiger partial charge in [0.15, 0.2) is 0 Å². The molecule has 1 heterocycles. The van der Waals surface area contributed by atoms with Crippen molar-refractivity contribution in [3.8, 4) is 34.8 Å². The van der Waals surface area contributed by atoms with Crippen molar-refractivity contribution >= 4 is 11.6 Å². The largest absolute Gasteiger partial charge is 0.388 e. The highest BCUT2D eigenvalue weighted by Crippen LogP contribution is 2.31. The second kappa shape index (κ2) is 8.09. The molecule has 0 bridgehead atoms. The summed E-state index contributed by atoms with van der Waals surface area (Å²) in [7, 11) is 0. The molecule has 0 saturated carbocycles. The first kappa shape index (κ1) is 20.1. The van der Waals surface area contributed by atoms with Gasteiger partial charge in [-0.2, -0.15) is 0 Å². The first-order valence-electron chi connectivity index (χ1n) is 11.1. The molecular weight excluding hydrogens is 418 g/mol. The Balaban J connectivity index is 1.41. The van der Waals surface area contributed by atoms with Crippen LogP contribution in [-0.4, -0.2) is 11.0 Å². The molecule has 4 aromatic carbocycles. The summed E-state index contributed by atoms with van der Waals surface area (Å²) in [5.74, 6) is 12.7. The molecule has 6 rings (SSSR count). The fourth-order valence-electron chi connectivity index (χ4n) is 4.47. The smallest absolute Gasteiger partial charge is 0.256 e. The molecule has 2 aliphatic rings. The van der Waals surface area contributed by atoms with E-state index < -0.39 is 6.10 Å². The van der Waals surface area contributed by atoms with Crippen molar-refractivity contribution in [3.05, 3.63) is 124 Å². The van der Waals surface area contributed by atoms with Gasteiger partial charge in [-0.3, -0.25) is 4.79 Å². The molecule has 1 unspecified atom stereocenters. The second-order valence-electron chi connectivity index (χ2n) is 8.44. The molecule has 0 radical (unpaired) electrons. The Labute approximate surface area is 198 Å². The average molecular weight is 437 g/mol. The lowest BCUT2D eigenvalue weighted by molar-refractivity contribution is 0.102. The third kappa shape index (κ3) is 3.55. The zero-order valence-electron chi connectivity index (χ0n) is 18.2. The SMILES string of the molecule is O=C1Nc2ccc(-c3ccc4c(c3)CC(O)c3ccccc3C#C4)cc2C#Cc2ccccc21. The second-order valence-corrected chi connectivity index (χ2v) is 8.44. The number of carbonyl (C=O) groups excluding carboxylic acids is 1. The molecule has 0 aromatic heterocycles. The number of nitrogens with one attached hydrogen (secondary N) is 1. The number of amides is 1. The van der Waals surface area contributed by atoms with E-state index in [1.807, 2.05) is 72.8 Å². The fraction of sp³-hybridized carbons (Fsp3) is 0.0645. The molecular formula is C31H19NO2. The van der Waals surface area contributed by atoms with E-state index >= 15 is 0 Å². The Morgan fingerprint density at radius 3 is 2.29 bits per heavy atom. The predicted molar refractivity (Wildman–Crippen MR) is 133 cm³/mol. The van der Waals surface area contributed by atoms with Crippen molar-refractivity contribution in [2.45, 2.75) is 12.5 Å². The van der Waals surface area contributed by atoms with Crippen molar-refractivity contribution in [2.75, 3.05) is 5.32 Å². The van der Waals surface area contributed by atoms with Gasteiger partial charge < -0.3 is 10.4 Å². The van der Waals surface area contributed by atoms with Gasteiger partial charge >= 0.3 is 0 Å². The first-order valence-corrected chi connectivity index (χ1v) is 11.1. The number of carbonyl (C=O) groups is 1. The minimum Gasteiger partial charge on any atom is -0.388 e. The van der Waals surface area contributed by atoms with Crippen LogP contribution in [-0.2, 0) is 6.42 Å². The third-order valence-electron chi connectivity index (χ3n) is 6.27. The monoisotopic (exact) mass is 437 g/mol. The van der Waals surface area contributed by atoms with E-state index in [0.29, 0.717) is 23.2 Å². The molecule has 0 saturated heterocycles. The number of anilines is 1. The van der Waals surface area contributed by atoms with Gasteiger partial charge in [-0.05, 0) is 64.7 Å². The number of hydrogen-bond acceptors (Lipinski definition) is 2. The van der Waals surface area contributed by atoms with Crippen LogP contribution in [0.4, 0.5) is 5.69 Å². The average Bonchev–Trinajstić information content (AvgIpc) is 2.85. The highest BCUT2D eigenvalue weighted by atomic mass is 16.3. The summed E-state index contributed by atoms with van der Waals surface area (Å²) in [6.07, 6.45) is -0.122. The number of aliphatic hydroxyl groups is 1. The van der Waals surface area contributed by atoms with Crippen LogP contribution in [0, 0.1) is 23.7 Å². The van der Waals surface area contributed by atoms with E-state index in [4.69, 9.17) is 0 Å². The highest BCUT2D eigenvalue weighted by molar-refractivity contribution is 6.07. The molecule has 1 aliphatic carbocycles. The summed E-state index contributed by atoms with van der Waals surface area (Å²) in [5.41, 5.74) is 8.41. The number of aliphatic hydroxyl groups excluding tert-OH is 1. The van der Waals surface area contributed by atoms with E-state index in [-0.39, 0.29) is 5.91 Å². The van der Waals surface area contributed by atoms with E-state index in [1.54, 1.807) is 6.07 Å². The summed E-state index contributed by atoms with van der Waals surface area (Å²) in [5, 5.41) is 13.9. The molecule has 1 aliphatic heterocycles. The van der Waals surface area contributed by atoms with Gasteiger partial charge in [0, 0.05) is 28.7 Å². The van der Waals surface area contributed by atoms with Crippen LogP contribution < -0.4 is 5.32 Å². The van der Waals surface area contributed by atoms with Crippen LogP contribution in [0.2, 0.25) is 0 Å². The van der Waals surface area contributed by atoms with Crippen LogP contribution in [0.5, 0.6) is 0 Å². The quantitative estimate of drug-likeness (QED) is 0.397. The van der Waals surface area contributed by atoms with Gasteiger partial charge in [0.2, 0.25) is 0 Å². The molecule has 160 valence electrons. The number of hydrogen-bond donors (Lipinski definition) is 2. The van der Waals surface area contributed by atoms with Gasteiger partial charge in [-0.25, -0.2) is 0 Å². The van der Waals surface area contributed by atoms with Crippen LogP contribution in [0.1, 0.15) is 49.8 Å². The van der Waals surface area contributed by atoms with Gasteiger partial charge in [-0.15, -0.1) is 0 Å². The Morgan fingerprint density at radius 1 is 0.706 bits per heavy atom. The van der Waals surface area contributed by atoms with E-state index in [2.05, 4.69) is 35.1 Å². The summed E-state index contributed by atoms with van der Waals surface area (Å²) >= 11 is 0. The summed E-state index contributed by atoms with van der Waals surface area (Å²) in [4.78, 5) is 12.7. The molecule has 34 heavy (non-hydrogen) atoms. The molecule has 1 atom stereocenters. The summed E-state index contributed by atoms with van der Waals surface area (Å²) < 4.78 is 0. The maximum atomic E-state index is 12.7. The maximum absolute atomic E-state index is 12.7. The number of fused-ring (bicyclic) bond motifs is 4. The third-order valence-corrected chi connectivity index (χ3v) is 6.27. The number of rotatable bonds is 1. The summed E-state index contributed by atoms with van der Waals surface area (Å²) in [6.45, 7) is 0. The topological polar surface area (TPSA) is 49.3 Å². The lowest BCUT2D eigenvalue weighted by atomic mass is 9.90. The van der Waals surface area contributed by atoms with Crippen LogP contribution >= 0.6 is 0 Å². The molecule has 2 N–H and O–H groups in total. The standard InChI is InChI=1S/C31H19NO2/c33-30-19-26-18-23(13-10-20(26)9-11-21-5-1-3-7-27(21)30)24-15-16-29-25(17-24)14-12-22-6-2-4-8-28(22)31(34)32-29/h1-8,10,13,15-18,30,33H,19H2,(H,32,34). The minimum absolute atomic E-state index is 0.160. The van der Waals surface area contributed by atoms with Crippen molar-refractivity contribution in [1.82, 2.24) is 0 Å². The molecule has 4 aromatic rings. The summed E-state index contributed by atoms with van der Waals surface area (Å²) in [6, 6.07) is 27.1. The number of benzene rings is 4. The fourth-order valence-corrected chi connectivity index (χ4v) is 4.47. The molecule has 3 nitrogen and oxygen atoms in total. The Morgan fingerprint density at radius 2 is 1.38 bits per heavy atom. The molecule has 1 amide bonds. The van der Waals surface area contributed by atoms with E-state index in [9.17, 15) is 9.90 Å². The zero-order chi connectivity index (χ0) is 23.1. The normalized spacial score (nSPS) is 15.1. The van der Waals surface area contributed by atoms with Crippen LogP contribution in [0.15, 0.2) is 84.9 Å². The van der Waals surface area contributed by atoms with Crippen molar-refractivity contribution in [2.24, 2.45) is 0 Å². The Bertz CT molecular complexity index is 1610. The Kier molecular flexibility index (Phi) is 4.77. The van der Waals surface area contributed by atoms with Crippen molar-refractivity contribution < 1.29 is 9.90 Å². The van der Waals surface area contributed by atoms with Gasteiger partial charge in [-0.1, -0.05) is 66.1 Å². The van der Waals surface area contributed by atoms with Crippen LogP contribution in [0.25, 0.3) is 11.1 Å². The lowest BCUT2D eigenvalue weighted by Gasteiger charge is -2.17. The molecule has 3 heteroatoms. The van der Waals surface area contributed by atoms with Crippen molar-refractivity contribution in [3.63, 3.8) is 0 Å². The van der Waals surface area contributed by atoms with E-state index in [0.717, 1.165) is 38.9 Å². The van der Waals surface area contributed by atoms with Gasteiger partial charge in [0.05, 0.1) is 17.4 Å². The Hall–Kier alpha value is -4.57. The zero-order valence-corrected chi connectivity index (χ0v) is 18.2. The molecule has 0 spiro atoms. The van der Waals surface area contributed by atoms with E-state index in [1.165, 1.54) is 0 Å². The van der Waals surface area contributed by atoms with Crippen molar-refractivity contribution in [1.29, 1.82) is 0 Å².